The third-order valence-corrected chi connectivity index (χ3v) is 4.68. The second kappa shape index (κ2) is 5.95. The Morgan fingerprint density at radius 2 is 2.13 bits per heavy atom. The van der Waals surface area contributed by atoms with Crippen LogP contribution in [0.2, 0.25) is 0 Å². The van der Waals surface area contributed by atoms with Gasteiger partial charge in [0.05, 0.1) is 13.6 Å². The van der Waals surface area contributed by atoms with Crippen molar-refractivity contribution in [2.45, 2.75) is 31.8 Å². The summed E-state index contributed by atoms with van der Waals surface area (Å²) in [4.78, 5) is 14.0. The maximum absolute atomic E-state index is 11.9. The van der Waals surface area contributed by atoms with E-state index in [1.165, 1.54) is 0 Å². The van der Waals surface area contributed by atoms with Gasteiger partial charge in [-0.25, -0.2) is 9.13 Å². The van der Waals surface area contributed by atoms with Crippen molar-refractivity contribution in [3.05, 3.63) is 42.5 Å². The average molecular weight is 314 g/mol. The van der Waals surface area contributed by atoms with E-state index in [1.807, 2.05) is 42.9 Å². The van der Waals surface area contributed by atoms with Gasteiger partial charge in [0.2, 0.25) is 12.2 Å². The minimum Gasteiger partial charge on any atom is -0.399 e. The molecule has 6 heteroatoms. The van der Waals surface area contributed by atoms with Crippen LogP contribution in [0, 0.1) is 6.92 Å². The lowest BCUT2D eigenvalue weighted by atomic mass is 9.96. The van der Waals surface area contributed by atoms with Gasteiger partial charge in [0.25, 0.3) is 0 Å². The summed E-state index contributed by atoms with van der Waals surface area (Å²) in [6.45, 7) is 2.73. The van der Waals surface area contributed by atoms with Crippen LogP contribution in [-0.2, 0) is 11.8 Å². The Morgan fingerprint density at radius 3 is 2.74 bits per heavy atom. The number of carbonyl (C=O) groups is 1. The summed E-state index contributed by atoms with van der Waals surface area (Å²) in [5.74, 6) is -0.268. The SMILES string of the molecule is Cc1cc(N2CC(n3cc[n+](C)c3)CCC2C(N)=O)ccc1N. The van der Waals surface area contributed by atoms with Crippen LogP contribution in [0.1, 0.15) is 24.4 Å². The van der Waals surface area contributed by atoms with Gasteiger partial charge in [0.15, 0.2) is 0 Å². The standard InChI is InChI=1S/C17H23N5O/c1-12-9-13(3-5-15(12)18)22-10-14(4-6-16(22)17(19)23)21-8-7-20(2)11-21/h3,5,7-9,11,14,16H,4,6,10,18H2,1-2H3,(H-,19,23)/p+1. The third kappa shape index (κ3) is 3.02. The van der Waals surface area contributed by atoms with Crippen LogP contribution >= 0.6 is 0 Å². The molecule has 1 amide bonds. The van der Waals surface area contributed by atoms with Crippen LogP contribution in [0.3, 0.4) is 0 Å². The molecule has 4 N–H and O–H groups in total. The van der Waals surface area contributed by atoms with Crippen LogP contribution in [0.15, 0.2) is 36.9 Å². The number of primary amides is 1. The molecule has 122 valence electrons. The molecule has 2 heterocycles. The van der Waals surface area contributed by atoms with Crippen molar-refractivity contribution in [3.8, 4) is 0 Å². The van der Waals surface area contributed by atoms with E-state index in [1.54, 1.807) is 0 Å². The Hall–Kier alpha value is -2.50. The molecule has 0 spiro atoms. The van der Waals surface area contributed by atoms with Gasteiger partial charge in [-0.3, -0.25) is 4.79 Å². The molecular formula is C17H24N5O+. The predicted octanol–water partition coefficient (Wildman–Crippen LogP) is 0.899. The number of hydrogen-bond donors (Lipinski definition) is 2. The number of aromatic nitrogens is 2. The number of aryl methyl sites for hydroxylation is 2. The molecule has 1 aliphatic rings. The van der Waals surface area contributed by atoms with Gasteiger partial charge < -0.3 is 16.4 Å². The number of rotatable bonds is 3. The smallest absolute Gasteiger partial charge is 0.243 e. The number of hydrogen-bond acceptors (Lipinski definition) is 3. The van der Waals surface area contributed by atoms with Crippen molar-refractivity contribution in [3.63, 3.8) is 0 Å². The molecule has 0 aliphatic carbocycles. The topological polar surface area (TPSA) is 81.2 Å². The number of amides is 1. The number of nitrogens with two attached hydrogens (primary N) is 2. The summed E-state index contributed by atoms with van der Waals surface area (Å²) >= 11 is 0. The monoisotopic (exact) mass is 314 g/mol. The molecule has 23 heavy (non-hydrogen) atoms. The number of anilines is 2. The van der Waals surface area contributed by atoms with Gasteiger partial charge in [0.1, 0.15) is 24.5 Å². The molecule has 0 saturated carbocycles. The van der Waals surface area contributed by atoms with E-state index in [9.17, 15) is 4.79 Å². The van der Waals surface area contributed by atoms with Crippen molar-refractivity contribution < 1.29 is 9.36 Å². The van der Waals surface area contributed by atoms with Gasteiger partial charge in [-0.1, -0.05) is 0 Å². The van der Waals surface area contributed by atoms with Gasteiger partial charge in [-0.15, -0.1) is 0 Å². The maximum Gasteiger partial charge on any atom is 0.243 e. The lowest BCUT2D eigenvalue weighted by Gasteiger charge is -2.38. The molecule has 1 saturated heterocycles. The maximum atomic E-state index is 11.9. The lowest BCUT2D eigenvalue weighted by molar-refractivity contribution is -0.671. The molecule has 0 bridgehead atoms. The minimum absolute atomic E-state index is 0.265. The summed E-state index contributed by atoms with van der Waals surface area (Å²) in [6, 6.07) is 5.95. The molecule has 3 rings (SSSR count). The van der Waals surface area contributed by atoms with Crippen LogP contribution in [0.5, 0.6) is 0 Å². The van der Waals surface area contributed by atoms with Crippen LogP contribution in [-0.4, -0.2) is 23.1 Å². The van der Waals surface area contributed by atoms with E-state index in [2.05, 4.69) is 22.0 Å². The van der Waals surface area contributed by atoms with E-state index in [4.69, 9.17) is 11.5 Å². The molecular weight excluding hydrogens is 290 g/mol. The Labute approximate surface area is 136 Å². The Bertz CT molecular complexity index is 724. The first kappa shape index (κ1) is 15.4. The minimum atomic E-state index is -0.268. The van der Waals surface area contributed by atoms with Crippen molar-refractivity contribution in [1.82, 2.24) is 4.57 Å². The highest BCUT2D eigenvalue weighted by Crippen LogP contribution is 2.31. The molecule has 1 aliphatic heterocycles. The summed E-state index contributed by atoms with van der Waals surface area (Å²) in [7, 11) is 2.01. The first-order valence-corrected chi connectivity index (χ1v) is 7.90. The highest BCUT2D eigenvalue weighted by atomic mass is 16.1. The van der Waals surface area contributed by atoms with Crippen LogP contribution in [0.4, 0.5) is 11.4 Å². The molecule has 2 unspecified atom stereocenters. The number of benzene rings is 1. The van der Waals surface area contributed by atoms with E-state index in [0.717, 1.165) is 36.3 Å². The van der Waals surface area contributed by atoms with Gasteiger partial charge in [0, 0.05) is 11.4 Å². The summed E-state index contributed by atoms with van der Waals surface area (Å²) in [6.07, 6.45) is 7.86. The second-order valence-corrected chi connectivity index (χ2v) is 6.37. The van der Waals surface area contributed by atoms with Crippen LogP contribution in [0.25, 0.3) is 0 Å². The first-order valence-electron chi connectivity index (χ1n) is 7.90. The second-order valence-electron chi connectivity index (χ2n) is 6.37. The highest BCUT2D eigenvalue weighted by Gasteiger charge is 2.34. The molecule has 2 aromatic rings. The Morgan fingerprint density at radius 1 is 1.35 bits per heavy atom. The molecule has 6 nitrogen and oxygen atoms in total. The summed E-state index contributed by atoms with van der Waals surface area (Å²) in [5, 5.41) is 0. The van der Waals surface area contributed by atoms with Gasteiger partial charge in [-0.2, -0.15) is 0 Å². The summed E-state index contributed by atoms with van der Waals surface area (Å²) < 4.78 is 4.23. The normalized spacial score (nSPS) is 21.4. The van der Waals surface area contributed by atoms with Crippen molar-refractivity contribution >= 4 is 17.3 Å². The molecule has 2 atom stereocenters. The van der Waals surface area contributed by atoms with Gasteiger partial charge in [-0.05, 0) is 43.5 Å². The quantitative estimate of drug-likeness (QED) is 0.652. The third-order valence-electron chi connectivity index (χ3n) is 4.68. The molecule has 1 fully saturated rings. The summed E-state index contributed by atoms with van der Waals surface area (Å²) in [5.41, 5.74) is 14.3. The van der Waals surface area contributed by atoms with E-state index in [0.29, 0.717) is 6.04 Å². The fraction of sp³-hybridized carbons (Fsp3) is 0.412. The van der Waals surface area contributed by atoms with Crippen molar-refractivity contribution in [1.29, 1.82) is 0 Å². The number of imidazole rings is 1. The average Bonchev–Trinajstić information content (AvgIpc) is 2.96. The highest BCUT2D eigenvalue weighted by molar-refractivity contribution is 5.84. The number of carbonyl (C=O) groups excluding carboxylic acids is 1. The number of nitrogens with zero attached hydrogens (tertiary/aromatic N) is 3. The van der Waals surface area contributed by atoms with E-state index < -0.39 is 0 Å². The zero-order valence-corrected chi connectivity index (χ0v) is 13.6. The number of piperidine rings is 1. The van der Waals surface area contributed by atoms with Crippen molar-refractivity contribution in [2.75, 3.05) is 17.2 Å². The Kier molecular flexibility index (Phi) is 3.98. The molecule has 1 aromatic carbocycles. The fourth-order valence-electron chi connectivity index (χ4n) is 3.30. The molecule has 1 aromatic heterocycles. The van der Waals surface area contributed by atoms with Crippen molar-refractivity contribution in [2.24, 2.45) is 12.8 Å². The largest absolute Gasteiger partial charge is 0.399 e. The predicted molar refractivity (Wildman–Crippen MR) is 89.8 cm³/mol. The molecule has 0 radical (unpaired) electrons. The lowest BCUT2D eigenvalue weighted by Crippen LogP contribution is -2.50. The first-order chi connectivity index (χ1) is 11.0. The van der Waals surface area contributed by atoms with Crippen LogP contribution < -0.4 is 20.9 Å². The Balaban J connectivity index is 1.91. The zero-order valence-electron chi connectivity index (χ0n) is 13.6. The zero-order chi connectivity index (χ0) is 16.6. The number of nitrogen functional groups attached to an aromatic ring is 1. The van der Waals surface area contributed by atoms with E-state index in [-0.39, 0.29) is 11.9 Å². The van der Waals surface area contributed by atoms with E-state index >= 15 is 0 Å². The fourth-order valence-corrected chi connectivity index (χ4v) is 3.30. The van der Waals surface area contributed by atoms with Gasteiger partial charge >= 0.3 is 0 Å².